The number of rotatable bonds is 5. The van der Waals surface area contributed by atoms with Crippen LogP contribution in [-0.4, -0.2) is 33.4 Å². The topological polar surface area (TPSA) is 89.8 Å². The summed E-state index contributed by atoms with van der Waals surface area (Å²) in [6.45, 7) is 1.85. The summed E-state index contributed by atoms with van der Waals surface area (Å²) in [7, 11) is -4.04. The van der Waals surface area contributed by atoms with Crippen molar-refractivity contribution in [3.63, 3.8) is 0 Å². The molecule has 4 aromatic rings. The van der Waals surface area contributed by atoms with Crippen LogP contribution < -0.4 is 5.32 Å². The standard InChI is InChI=1S/C24H22F2N5O2S/c1-15-7-9-18(10-8-15)34(32,33)31-14-20(19-11-16(25)12-28-24(19)31)22-27-13-21(26)23(30-22)29-17-5-3-2-4-6-17/h3,7-14,17H,2,4-6H2,1H3,(H,27,29,30). The molecule has 1 radical (unpaired) electrons. The number of aryl methyl sites for hydroxylation is 1. The van der Waals surface area contributed by atoms with Gasteiger partial charge >= 0.3 is 0 Å². The summed E-state index contributed by atoms with van der Waals surface area (Å²) in [5, 5.41) is 3.32. The Hall–Kier alpha value is -3.40. The van der Waals surface area contributed by atoms with Gasteiger partial charge in [-0.25, -0.2) is 36.1 Å². The van der Waals surface area contributed by atoms with Crippen LogP contribution in [0.4, 0.5) is 14.6 Å². The largest absolute Gasteiger partial charge is 0.365 e. The molecule has 1 N–H and O–H groups in total. The van der Waals surface area contributed by atoms with Gasteiger partial charge in [-0.2, -0.15) is 0 Å². The van der Waals surface area contributed by atoms with E-state index < -0.39 is 21.7 Å². The number of nitrogens with one attached hydrogen (secondary N) is 1. The molecule has 175 valence electrons. The SMILES string of the molecule is Cc1ccc(S(=O)(=O)n2cc(-c3ncc(F)c(NC4C[CH]CCC4)n3)c3cc(F)cnc32)cc1. The third-order valence-corrected chi connectivity index (χ3v) is 7.56. The van der Waals surface area contributed by atoms with Gasteiger partial charge in [-0.15, -0.1) is 0 Å². The van der Waals surface area contributed by atoms with Crippen LogP contribution in [0.3, 0.4) is 0 Å². The average molecular weight is 483 g/mol. The average Bonchev–Trinajstić information content (AvgIpc) is 3.21. The van der Waals surface area contributed by atoms with Gasteiger partial charge in [0.1, 0.15) is 5.82 Å². The molecule has 1 aliphatic carbocycles. The fraction of sp³-hybridized carbons (Fsp3) is 0.250. The normalized spacial score (nSPS) is 15.0. The number of pyridine rings is 1. The molecular weight excluding hydrogens is 460 g/mol. The van der Waals surface area contributed by atoms with Crippen molar-refractivity contribution < 1.29 is 17.2 Å². The second-order valence-electron chi connectivity index (χ2n) is 8.37. The highest BCUT2D eigenvalue weighted by Gasteiger charge is 2.25. The molecule has 1 aliphatic rings. The van der Waals surface area contributed by atoms with Crippen molar-refractivity contribution in [2.75, 3.05) is 5.32 Å². The first-order valence-corrected chi connectivity index (χ1v) is 12.4. The zero-order valence-electron chi connectivity index (χ0n) is 18.4. The number of hydrogen-bond donors (Lipinski definition) is 1. The maximum absolute atomic E-state index is 14.5. The van der Waals surface area contributed by atoms with Gasteiger partial charge in [0.2, 0.25) is 0 Å². The van der Waals surface area contributed by atoms with Crippen molar-refractivity contribution in [2.45, 2.75) is 43.5 Å². The number of anilines is 1. The van der Waals surface area contributed by atoms with Crippen LogP contribution in [0.5, 0.6) is 0 Å². The Morgan fingerprint density at radius 1 is 1.12 bits per heavy atom. The smallest absolute Gasteiger partial charge is 0.269 e. The molecular formula is C24H22F2N5O2S. The highest BCUT2D eigenvalue weighted by molar-refractivity contribution is 7.90. The fourth-order valence-electron chi connectivity index (χ4n) is 4.11. The number of aromatic nitrogens is 4. The molecule has 7 nitrogen and oxygen atoms in total. The van der Waals surface area contributed by atoms with Gasteiger partial charge in [0, 0.05) is 23.2 Å². The predicted molar refractivity (Wildman–Crippen MR) is 125 cm³/mol. The molecule has 10 heteroatoms. The van der Waals surface area contributed by atoms with Crippen LogP contribution in [0.25, 0.3) is 22.4 Å². The number of benzene rings is 1. The number of hydrogen-bond acceptors (Lipinski definition) is 6. The first-order valence-electron chi connectivity index (χ1n) is 10.9. The minimum absolute atomic E-state index is 0.0250. The van der Waals surface area contributed by atoms with Gasteiger partial charge in [0.25, 0.3) is 10.0 Å². The Bertz CT molecular complexity index is 1460. The lowest BCUT2D eigenvalue weighted by molar-refractivity contribution is 0.530. The lowest BCUT2D eigenvalue weighted by Gasteiger charge is -2.23. The Balaban J connectivity index is 1.63. The van der Waals surface area contributed by atoms with Crippen molar-refractivity contribution in [1.29, 1.82) is 0 Å². The van der Waals surface area contributed by atoms with Crippen LogP contribution in [0.2, 0.25) is 0 Å². The number of fused-ring (bicyclic) bond motifs is 1. The van der Waals surface area contributed by atoms with Crippen LogP contribution in [0.15, 0.2) is 53.8 Å². The molecule has 0 aliphatic heterocycles. The van der Waals surface area contributed by atoms with E-state index in [0.717, 1.165) is 47.6 Å². The van der Waals surface area contributed by atoms with Crippen LogP contribution in [0, 0.1) is 25.0 Å². The van der Waals surface area contributed by atoms with Crippen LogP contribution >= 0.6 is 0 Å². The van der Waals surface area contributed by atoms with Gasteiger partial charge in [-0.05, 0) is 44.4 Å². The van der Waals surface area contributed by atoms with E-state index in [1.807, 2.05) is 6.92 Å². The Morgan fingerprint density at radius 3 is 2.65 bits per heavy atom. The fourth-order valence-corrected chi connectivity index (χ4v) is 5.43. The molecule has 34 heavy (non-hydrogen) atoms. The highest BCUT2D eigenvalue weighted by atomic mass is 32.2. The zero-order valence-corrected chi connectivity index (χ0v) is 19.2. The molecule has 0 saturated heterocycles. The molecule has 5 rings (SSSR count). The quantitative estimate of drug-likeness (QED) is 0.436. The van der Waals surface area contributed by atoms with Crippen molar-refractivity contribution >= 4 is 26.9 Å². The van der Waals surface area contributed by atoms with Crippen LogP contribution in [0.1, 0.15) is 31.2 Å². The van der Waals surface area contributed by atoms with E-state index in [-0.39, 0.29) is 39.2 Å². The third-order valence-electron chi connectivity index (χ3n) is 5.89. The second kappa shape index (κ2) is 8.75. The summed E-state index contributed by atoms with van der Waals surface area (Å²) in [4.78, 5) is 12.5. The van der Waals surface area contributed by atoms with Gasteiger partial charge in [0.15, 0.2) is 23.1 Å². The minimum Gasteiger partial charge on any atom is -0.365 e. The lowest BCUT2D eigenvalue weighted by atomic mass is 9.95. The molecule has 3 aromatic heterocycles. The van der Waals surface area contributed by atoms with Crippen molar-refractivity contribution in [3.8, 4) is 11.4 Å². The molecule has 1 saturated carbocycles. The Kier molecular flexibility index (Phi) is 5.76. The number of nitrogens with zero attached hydrogens (tertiary/aromatic N) is 4. The molecule has 1 aromatic carbocycles. The molecule has 3 heterocycles. The van der Waals surface area contributed by atoms with E-state index in [1.165, 1.54) is 24.4 Å². The summed E-state index contributed by atoms with van der Waals surface area (Å²) >= 11 is 0. The first-order chi connectivity index (χ1) is 16.3. The maximum atomic E-state index is 14.5. The van der Waals surface area contributed by atoms with E-state index in [2.05, 4.69) is 26.7 Å². The van der Waals surface area contributed by atoms with E-state index in [0.29, 0.717) is 0 Å². The Labute approximate surface area is 195 Å². The zero-order chi connectivity index (χ0) is 23.9. The van der Waals surface area contributed by atoms with Crippen molar-refractivity contribution in [1.82, 2.24) is 18.9 Å². The van der Waals surface area contributed by atoms with E-state index in [1.54, 1.807) is 12.1 Å². The van der Waals surface area contributed by atoms with E-state index >= 15 is 0 Å². The molecule has 0 bridgehead atoms. The molecule has 1 atom stereocenters. The maximum Gasteiger partial charge on any atom is 0.269 e. The second-order valence-corrected chi connectivity index (χ2v) is 10.2. The molecule has 1 fully saturated rings. The van der Waals surface area contributed by atoms with Crippen molar-refractivity contribution in [3.05, 3.63) is 72.5 Å². The van der Waals surface area contributed by atoms with E-state index in [4.69, 9.17) is 0 Å². The predicted octanol–water partition coefficient (Wildman–Crippen LogP) is 4.88. The van der Waals surface area contributed by atoms with Crippen LogP contribution in [-0.2, 0) is 10.0 Å². The highest BCUT2D eigenvalue weighted by Crippen LogP contribution is 2.32. The third kappa shape index (κ3) is 4.13. The first kappa shape index (κ1) is 22.4. The van der Waals surface area contributed by atoms with Gasteiger partial charge in [-0.3, -0.25) is 0 Å². The lowest BCUT2D eigenvalue weighted by Crippen LogP contribution is -2.24. The monoisotopic (exact) mass is 482 g/mol. The summed E-state index contributed by atoms with van der Waals surface area (Å²) in [6, 6.07) is 7.60. The van der Waals surface area contributed by atoms with Gasteiger partial charge in [-0.1, -0.05) is 30.5 Å². The summed E-state index contributed by atoms with van der Waals surface area (Å²) in [5.74, 6) is -1.16. The molecule has 1 unspecified atom stereocenters. The molecule has 0 spiro atoms. The summed E-state index contributed by atoms with van der Waals surface area (Å²) in [6.07, 6.45) is 9.15. The van der Waals surface area contributed by atoms with Gasteiger partial charge < -0.3 is 5.32 Å². The summed E-state index contributed by atoms with van der Waals surface area (Å²) in [5.41, 5.74) is 1.17. The molecule has 0 amide bonds. The number of halogens is 2. The van der Waals surface area contributed by atoms with Crippen molar-refractivity contribution in [2.24, 2.45) is 0 Å². The summed E-state index contributed by atoms with van der Waals surface area (Å²) < 4.78 is 56.4. The van der Waals surface area contributed by atoms with E-state index in [9.17, 15) is 17.2 Å². The Morgan fingerprint density at radius 2 is 1.91 bits per heavy atom. The van der Waals surface area contributed by atoms with Gasteiger partial charge in [0.05, 0.1) is 17.3 Å². The minimum atomic E-state index is -4.04.